The molecule has 0 atom stereocenters. The number of pyridine rings is 2. The van der Waals surface area contributed by atoms with Crippen molar-refractivity contribution in [2.75, 3.05) is 26.0 Å². The predicted molar refractivity (Wildman–Crippen MR) is 121 cm³/mol. The molecule has 0 fully saturated rings. The number of hydrogen-bond donors (Lipinski definition) is 2. The van der Waals surface area contributed by atoms with Gasteiger partial charge in [0.1, 0.15) is 11.4 Å². The van der Waals surface area contributed by atoms with Gasteiger partial charge in [0.15, 0.2) is 18.9 Å². The Hall–Kier alpha value is -3.58. The molecule has 0 aliphatic rings. The van der Waals surface area contributed by atoms with Gasteiger partial charge >= 0.3 is 0 Å². The molecule has 4 aromatic rings. The highest BCUT2D eigenvalue weighted by molar-refractivity contribution is 6.33. The number of rotatable bonds is 7. The van der Waals surface area contributed by atoms with E-state index in [9.17, 15) is 4.79 Å². The maximum atomic E-state index is 12.6. The van der Waals surface area contributed by atoms with Crippen LogP contribution in [0, 0.1) is 0 Å². The second-order valence-electron chi connectivity index (χ2n) is 6.93. The van der Waals surface area contributed by atoms with Crippen LogP contribution in [0.25, 0.3) is 16.9 Å². The van der Waals surface area contributed by atoms with E-state index in [1.54, 1.807) is 25.4 Å². The Labute approximate surface area is 185 Å². The molecule has 2 N–H and O–H groups in total. The molecule has 0 spiro atoms. The second kappa shape index (κ2) is 9.06. The molecule has 31 heavy (non-hydrogen) atoms. The van der Waals surface area contributed by atoms with Gasteiger partial charge in [-0.25, -0.2) is 9.55 Å². The highest BCUT2D eigenvalue weighted by Gasteiger charge is 2.16. The lowest BCUT2D eigenvalue weighted by molar-refractivity contribution is -0.694. The van der Waals surface area contributed by atoms with E-state index >= 15 is 0 Å². The monoisotopic (exact) mass is 436 g/mol. The third-order valence-electron chi connectivity index (χ3n) is 5.06. The van der Waals surface area contributed by atoms with Gasteiger partial charge in [-0.15, -0.1) is 0 Å². The number of nitrogens with one attached hydrogen (secondary N) is 2. The van der Waals surface area contributed by atoms with Crippen LogP contribution >= 0.6 is 11.6 Å². The van der Waals surface area contributed by atoms with Gasteiger partial charge in [0.05, 0.1) is 36.1 Å². The lowest BCUT2D eigenvalue weighted by Gasteiger charge is -2.10. The number of imidazole rings is 1. The zero-order valence-electron chi connectivity index (χ0n) is 17.3. The van der Waals surface area contributed by atoms with Crippen LogP contribution in [0.3, 0.4) is 0 Å². The summed E-state index contributed by atoms with van der Waals surface area (Å²) in [5, 5.41) is 6.61. The minimum atomic E-state index is -0.144. The topological polar surface area (TPSA) is 71.5 Å². The minimum Gasteiger partial charge on any atom is -0.496 e. The fourth-order valence-corrected chi connectivity index (χ4v) is 3.67. The molecule has 0 aliphatic carbocycles. The second-order valence-corrected chi connectivity index (χ2v) is 7.34. The number of fused-ring (bicyclic) bond motifs is 1. The number of benzene rings is 1. The van der Waals surface area contributed by atoms with Crippen molar-refractivity contribution in [1.82, 2.24) is 14.7 Å². The molecule has 1 amide bonds. The van der Waals surface area contributed by atoms with Crippen LogP contribution in [0.2, 0.25) is 5.02 Å². The summed E-state index contributed by atoms with van der Waals surface area (Å²) in [6, 6.07) is 13.0. The third kappa shape index (κ3) is 4.32. The van der Waals surface area contributed by atoms with Gasteiger partial charge in [-0.1, -0.05) is 17.7 Å². The average Bonchev–Trinajstić information content (AvgIpc) is 3.22. The zero-order valence-corrected chi connectivity index (χ0v) is 18.1. The molecular weight excluding hydrogens is 414 g/mol. The first-order chi connectivity index (χ1) is 15.1. The highest BCUT2D eigenvalue weighted by atomic mass is 35.5. The van der Waals surface area contributed by atoms with Crippen LogP contribution < -0.4 is 19.9 Å². The molecule has 158 valence electrons. The molecule has 4 rings (SSSR count). The largest absolute Gasteiger partial charge is 0.496 e. The summed E-state index contributed by atoms with van der Waals surface area (Å²) in [4.78, 5) is 17.1. The Morgan fingerprint density at radius 1 is 1.23 bits per heavy atom. The molecule has 0 unspecified atom stereocenters. The molecule has 0 radical (unpaired) electrons. The number of methoxy groups -OCH3 is 1. The van der Waals surface area contributed by atoms with Crippen LogP contribution in [0.15, 0.2) is 67.3 Å². The Morgan fingerprint density at radius 2 is 2.03 bits per heavy atom. The standard InChI is InChI=1S/C23H22ClN5O2/c1-25-17-7-10-28(11-8-17)13-9-26-23(30)16-6-12-29-19(15-27-21(29)14-16)22-18(24)4-3-5-20(22)31-2/h3-8,10-12,14-15H,9,13H2,1-2H3,(H,26,30)/p+1. The first-order valence-electron chi connectivity index (χ1n) is 9.85. The van der Waals surface area contributed by atoms with E-state index < -0.39 is 0 Å². The lowest BCUT2D eigenvalue weighted by Crippen LogP contribution is -2.40. The van der Waals surface area contributed by atoms with E-state index in [2.05, 4.69) is 15.6 Å². The number of carbonyl (C=O) groups is 1. The van der Waals surface area contributed by atoms with Crippen molar-refractivity contribution in [3.63, 3.8) is 0 Å². The molecular formula is C23H23ClN5O2+. The smallest absolute Gasteiger partial charge is 0.251 e. The third-order valence-corrected chi connectivity index (χ3v) is 5.38. The molecule has 0 bridgehead atoms. The SMILES string of the molecule is CNc1cc[n+](CCNC(=O)c2ccn3c(-c4c(Cl)cccc4OC)cnc3c2)cc1. The first kappa shape index (κ1) is 20.7. The van der Waals surface area contributed by atoms with Crippen molar-refractivity contribution in [3.8, 4) is 17.0 Å². The number of anilines is 1. The van der Waals surface area contributed by atoms with Crippen molar-refractivity contribution < 1.29 is 14.1 Å². The quantitative estimate of drug-likeness (QED) is 0.435. The van der Waals surface area contributed by atoms with Crippen LogP contribution in [-0.4, -0.2) is 36.0 Å². The Bertz CT molecular complexity index is 1220. The summed E-state index contributed by atoms with van der Waals surface area (Å²) in [6.45, 7) is 1.20. The van der Waals surface area contributed by atoms with Crippen LogP contribution in [0.4, 0.5) is 5.69 Å². The first-order valence-corrected chi connectivity index (χ1v) is 10.2. The van der Waals surface area contributed by atoms with Gasteiger partial charge in [0.2, 0.25) is 0 Å². The molecule has 0 saturated heterocycles. The molecule has 3 aromatic heterocycles. The van der Waals surface area contributed by atoms with Crippen molar-refractivity contribution in [3.05, 3.63) is 77.8 Å². The average molecular weight is 437 g/mol. The lowest BCUT2D eigenvalue weighted by atomic mass is 10.1. The normalized spacial score (nSPS) is 10.8. The van der Waals surface area contributed by atoms with Gasteiger partial charge in [-0.05, 0) is 24.3 Å². The van der Waals surface area contributed by atoms with E-state index in [0.717, 1.165) is 16.9 Å². The van der Waals surface area contributed by atoms with E-state index in [4.69, 9.17) is 16.3 Å². The van der Waals surface area contributed by atoms with Gasteiger partial charge in [-0.3, -0.25) is 9.20 Å². The van der Waals surface area contributed by atoms with Crippen molar-refractivity contribution in [2.24, 2.45) is 0 Å². The fraction of sp³-hybridized carbons (Fsp3) is 0.174. The molecule has 7 nitrogen and oxygen atoms in total. The summed E-state index contributed by atoms with van der Waals surface area (Å²) in [6.07, 6.45) is 7.49. The van der Waals surface area contributed by atoms with Gasteiger partial charge in [0, 0.05) is 36.6 Å². The number of aromatic nitrogens is 3. The van der Waals surface area contributed by atoms with Crippen LogP contribution in [-0.2, 0) is 6.54 Å². The number of carbonyl (C=O) groups excluding carboxylic acids is 1. The maximum absolute atomic E-state index is 12.6. The summed E-state index contributed by atoms with van der Waals surface area (Å²) in [7, 11) is 3.48. The van der Waals surface area contributed by atoms with Crippen LogP contribution in [0.1, 0.15) is 10.4 Å². The van der Waals surface area contributed by atoms with Crippen LogP contribution in [0.5, 0.6) is 5.75 Å². The maximum Gasteiger partial charge on any atom is 0.251 e. The molecule has 8 heteroatoms. The molecule has 0 aliphatic heterocycles. The zero-order chi connectivity index (χ0) is 21.8. The summed E-state index contributed by atoms with van der Waals surface area (Å²) < 4.78 is 9.36. The number of ether oxygens (including phenoxy) is 1. The van der Waals surface area contributed by atoms with Crippen molar-refractivity contribution in [2.45, 2.75) is 6.54 Å². The Morgan fingerprint density at radius 3 is 2.77 bits per heavy atom. The van der Waals surface area contributed by atoms with E-state index in [1.165, 1.54) is 0 Å². The number of nitrogens with zero attached hydrogens (tertiary/aromatic N) is 3. The number of amides is 1. The molecule has 0 saturated carbocycles. The summed E-state index contributed by atoms with van der Waals surface area (Å²) in [5.74, 6) is 0.520. The minimum absolute atomic E-state index is 0.144. The predicted octanol–water partition coefficient (Wildman–Crippen LogP) is 3.42. The van der Waals surface area contributed by atoms with E-state index in [1.807, 2.05) is 64.9 Å². The van der Waals surface area contributed by atoms with Gasteiger partial charge in [0.25, 0.3) is 5.91 Å². The summed E-state index contributed by atoms with van der Waals surface area (Å²) >= 11 is 6.42. The fourth-order valence-electron chi connectivity index (χ4n) is 3.40. The molecule has 3 heterocycles. The Kier molecular flexibility index (Phi) is 6.04. The van der Waals surface area contributed by atoms with Crippen molar-refractivity contribution in [1.29, 1.82) is 0 Å². The van der Waals surface area contributed by atoms with E-state index in [-0.39, 0.29) is 5.91 Å². The highest BCUT2D eigenvalue weighted by Crippen LogP contribution is 2.36. The van der Waals surface area contributed by atoms with Gasteiger partial charge < -0.3 is 15.4 Å². The van der Waals surface area contributed by atoms with Gasteiger partial charge in [-0.2, -0.15) is 0 Å². The van der Waals surface area contributed by atoms with E-state index in [0.29, 0.717) is 35.1 Å². The summed E-state index contributed by atoms with van der Waals surface area (Å²) in [5.41, 5.74) is 3.80. The number of halogens is 1. The van der Waals surface area contributed by atoms with Crippen molar-refractivity contribution >= 4 is 28.8 Å². The Balaban J connectivity index is 1.49. The molecule has 1 aromatic carbocycles. The number of hydrogen-bond acceptors (Lipinski definition) is 4.